The molecule has 4 atom stereocenters. The summed E-state index contributed by atoms with van der Waals surface area (Å²) in [6.45, 7) is 5.08. The van der Waals surface area contributed by atoms with E-state index in [1.54, 1.807) is 67.6 Å². The Morgan fingerprint density at radius 3 is 1.00 bits per heavy atom. The zero-order valence-corrected chi connectivity index (χ0v) is 30.7. The normalized spacial score (nSPS) is 12.7. The second-order valence-electron chi connectivity index (χ2n) is 12.0. The van der Waals surface area contributed by atoms with Crippen LogP contribution in [0.5, 0.6) is 0 Å². The standard InChI is InChI=1S/C38H46O16/c1-25(22-48-32(40)16-20-36(44)53-27(3)24-50-37(45)29-11-7-5-8-12-29)51-34(42)18-15-31(39)47-21-26(2)52-35(43)19-17-33(41)49-23-28(4)54-38(46)30-13-9-6-10-14-30/h5-14,25-28H,15-24H2,1-4H3. The molecule has 0 heterocycles. The van der Waals surface area contributed by atoms with E-state index in [0.717, 1.165) is 0 Å². The molecule has 0 aromatic heterocycles. The van der Waals surface area contributed by atoms with E-state index < -0.39 is 72.2 Å². The van der Waals surface area contributed by atoms with Crippen LogP contribution < -0.4 is 0 Å². The van der Waals surface area contributed by atoms with Crippen molar-refractivity contribution < 1.29 is 76.3 Å². The molecule has 2 rings (SSSR count). The Morgan fingerprint density at radius 1 is 0.370 bits per heavy atom. The summed E-state index contributed by atoms with van der Waals surface area (Å²) in [5, 5.41) is 0. The van der Waals surface area contributed by atoms with Gasteiger partial charge in [0.1, 0.15) is 50.8 Å². The van der Waals surface area contributed by atoms with Gasteiger partial charge in [-0.05, 0) is 52.0 Å². The molecular weight excluding hydrogens is 712 g/mol. The summed E-state index contributed by atoms with van der Waals surface area (Å²) in [6, 6.07) is 16.6. The molecule has 0 aliphatic heterocycles. The highest BCUT2D eigenvalue weighted by Crippen LogP contribution is 2.08. The first kappa shape index (κ1) is 44.4. The topological polar surface area (TPSA) is 210 Å². The Hall–Kier alpha value is -5.80. The molecular formula is C38H46O16. The molecule has 2 aromatic rings. The summed E-state index contributed by atoms with van der Waals surface area (Å²) in [5.41, 5.74) is 0.713. The molecule has 294 valence electrons. The molecule has 0 amide bonds. The zero-order valence-electron chi connectivity index (χ0n) is 30.7. The van der Waals surface area contributed by atoms with Gasteiger partial charge >= 0.3 is 47.8 Å². The fourth-order valence-corrected chi connectivity index (χ4v) is 4.12. The third-order valence-electron chi connectivity index (χ3n) is 6.81. The van der Waals surface area contributed by atoms with Gasteiger partial charge in [0, 0.05) is 0 Å². The number of carbonyl (C=O) groups excluding carboxylic acids is 8. The minimum absolute atomic E-state index is 0.166. The SMILES string of the molecule is CC(COC(=O)CCC(=O)OC(C)COC(=O)CCC(=O)OC(C)COC(=O)c1ccccc1)OC(=O)CCC(=O)OCC(C)OC(=O)c1ccccc1. The predicted octanol–water partition coefficient (Wildman–Crippen LogP) is 3.85. The average molecular weight is 759 g/mol. The lowest BCUT2D eigenvalue weighted by Gasteiger charge is -2.15. The summed E-state index contributed by atoms with van der Waals surface area (Å²) in [7, 11) is 0. The van der Waals surface area contributed by atoms with E-state index in [4.69, 9.17) is 37.9 Å². The Labute approximate surface area is 312 Å². The first-order valence-electron chi connectivity index (χ1n) is 17.2. The molecule has 4 unspecified atom stereocenters. The van der Waals surface area contributed by atoms with Gasteiger partial charge in [0.15, 0.2) is 0 Å². The molecule has 0 aliphatic rings. The molecule has 54 heavy (non-hydrogen) atoms. The molecule has 0 radical (unpaired) electrons. The highest BCUT2D eigenvalue weighted by atomic mass is 16.6. The number of ether oxygens (including phenoxy) is 8. The van der Waals surface area contributed by atoms with Crippen LogP contribution in [-0.2, 0) is 66.7 Å². The molecule has 0 saturated heterocycles. The van der Waals surface area contributed by atoms with E-state index in [1.807, 2.05) is 0 Å². The minimum Gasteiger partial charge on any atom is -0.462 e. The van der Waals surface area contributed by atoms with Crippen molar-refractivity contribution in [3.63, 3.8) is 0 Å². The lowest BCUT2D eigenvalue weighted by atomic mass is 10.2. The Bertz CT molecular complexity index is 1540. The summed E-state index contributed by atoms with van der Waals surface area (Å²) in [4.78, 5) is 96.3. The van der Waals surface area contributed by atoms with Crippen LogP contribution in [0.4, 0.5) is 0 Å². The summed E-state index contributed by atoms with van der Waals surface area (Å²) < 4.78 is 40.7. The second-order valence-corrected chi connectivity index (χ2v) is 12.0. The van der Waals surface area contributed by atoms with Crippen LogP contribution in [-0.4, -0.2) is 98.6 Å². The van der Waals surface area contributed by atoms with Crippen LogP contribution in [0, 0.1) is 0 Å². The van der Waals surface area contributed by atoms with Gasteiger partial charge in [-0.15, -0.1) is 0 Å². The Morgan fingerprint density at radius 2 is 0.648 bits per heavy atom. The van der Waals surface area contributed by atoms with Gasteiger partial charge in [-0.25, -0.2) is 9.59 Å². The van der Waals surface area contributed by atoms with Crippen LogP contribution >= 0.6 is 0 Å². The minimum atomic E-state index is -0.846. The number of esters is 8. The van der Waals surface area contributed by atoms with Crippen molar-refractivity contribution >= 4 is 47.8 Å². The predicted molar refractivity (Wildman–Crippen MR) is 185 cm³/mol. The molecule has 0 saturated carbocycles. The van der Waals surface area contributed by atoms with Gasteiger partial charge in [-0.2, -0.15) is 0 Å². The van der Waals surface area contributed by atoms with Crippen LogP contribution in [0.2, 0.25) is 0 Å². The van der Waals surface area contributed by atoms with Crippen LogP contribution in [0.3, 0.4) is 0 Å². The fraction of sp³-hybridized carbons (Fsp3) is 0.474. The molecule has 0 fully saturated rings. The fourth-order valence-electron chi connectivity index (χ4n) is 4.12. The van der Waals surface area contributed by atoms with Crippen molar-refractivity contribution in [2.75, 3.05) is 26.4 Å². The largest absolute Gasteiger partial charge is 0.462 e. The van der Waals surface area contributed by atoms with Gasteiger partial charge in [0.2, 0.25) is 0 Å². The Kier molecular flexibility index (Phi) is 20.1. The molecule has 0 N–H and O–H groups in total. The van der Waals surface area contributed by atoms with Crippen molar-refractivity contribution in [3.05, 3.63) is 71.8 Å². The van der Waals surface area contributed by atoms with Gasteiger partial charge < -0.3 is 37.9 Å². The number of rotatable bonds is 23. The van der Waals surface area contributed by atoms with Crippen LogP contribution in [0.25, 0.3) is 0 Å². The number of hydrogen-bond donors (Lipinski definition) is 0. The lowest BCUT2D eigenvalue weighted by molar-refractivity contribution is -0.162. The van der Waals surface area contributed by atoms with E-state index in [-0.39, 0.29) is 65.0 Å². The van der Waals surface area contributed by atoms with Crippen molar-refractivity contribution in [2.24, 2.45) is 0 Å². The highest BCUT2D eigenvalue weighted by molar-refractivity contribution is 5.90. The van der Waals surface area contributed by atoms with Crippen LogP contribution in [0.1, 0.15) is 86.9 Å². The van der Waals surface area contributed by atoms with Crippen molar-refractivity contribution in [2.45, 2.75) is 90.6 Å². The van der Waals surface area contributed by atoms with E-state index in [0.29, 0.717) is 11.1 Å². The Balaban J connectivity index is 1.50. The van der Waals surface area contributed by atoms with Crippen LogP contribution in [0.15, 0.2) is 60.7 Å². The maximum Gasteiger partial charge on any atom is 0.338 e. The van der Waals surface area contributed by atoms with Gasteiger partial charge in [-0.3, -0.25) is 28.8 Å². The summed E-state index contributed by atoms with van der Waals surface area (Å²) in [5.74, 6) is -5.48. The maximum atomic E-state index is 12.1. The first-order chi connectivity index (χ1) is 25.7. The molecule has 16 nitrogen and oxygen atoms in total. The van der Waals surface area contributed by atoms with Crippen molar-refractivity contribution in [1.29, 1.82) is 0 Å². The van der Waals surface area contributed by atoms with E-state index >= 15 is 0 Å². The molecule has 0 bridgehead atoms. The van der Waals surface area contributed by atoms with Gasteiger partial charge in [-0.1, -0.05) is 36.4 Å². The number of hydrogen-bond acceptors (Lipinski definition) is 16. The summed E-state index contributed by atoms with van der Waals surface area (Å²) >= 11 is 0. The van der Waals surface area contributed by atoms with E-state index in [2.05, 4.69) is 0 Å². The number of carbonyl (C=O) groups is 8. The highest BCUT2D eigenvalue weighted by Gasteiger charge is 2.20. The summed E-state index contributed by atoms with van der Waals surface area (Å²) in [6.07, 6.45) is -4.95. The first-order valence-corrected chi connectivity index (χ1v) is 17.2. The lowest BCUT2D eigenvalue weighted by Crippen LogP contribution is -2.25. The monoisotopic (exact) mass is 758 g/mol. The molecule has 2 aromatic carbocycles. The second kappa shape index (κ2) is 24.4. The molecule has 0 aliphatic carbocycles. The van der Waals surface area contributed by atoms with Crippen molar-refractivity contribution in [3.8, 4) is 0 Å². The molecule has 16 heteroatoms. The quantitative estimate of drug-likeness (QED) is 0.116. The van der Waals surface area contributed by atoms with Crippen molar-refractivity contribution in [1.82, 2.24) is 0 Å². The smallest absolute Gasteiger partial charge is 0.338 e. The molecule has 0 spiro atoms. The third kappa shape index (κ3) is 19.7. The van der Waals surface area contributed by atoms with E-state index in [1.165, 1.54) is 20.8 Å². The average Bonchev–Trinajstić information content (AvgIpc) is 3.15. The maximum absolute atomic E-state index is 12.1. The van der Waals surface area contributed by atoms with Gasteiger partial charge in [0.25, 0.3) is 0 Å². The number of benzene rings is 2. The third-order valence-corrected chi connectivity index (χ3v) is 6.81. The zero-order chi connectivity index (χ0) is 39.9. The van der Waals surface area contributed by atoms with Gasteiger partial charge in [0.05, 0.1) is 49.7 Å². The van der Waals surface area contributed by atoms with E-state index in [9.17, 15) is 38.4 Å².